The molecule has 0 aromatic carbocycles. The summed E-state index contributed by atoms with van der Waals surface area (Å²) in [4.78, 5) is 20.6. The summed E-state index contributed by atoms with van der Waals surface area (Å²) in [6.45, 7) is 7.20. The van der Waals surface area contributed by atoms with Crippen molar-refractivity contribution < 1.29 is 9.90 Å². The standard InChI is InChI=1S/C18H25N5O2/c1-3-21(10-14-5-7-19-8-6-14)16-12-22(13-17(16)24)18(25)15-9-20-23(4-2)11-15/h5-9,11,16-17,24H,3-4,10,12-13H2,1-2H3/t16-,17-/m1/s1. The summed E-state index contributed by atoms with van der Waals surface area (Å²) < 4.78 is 1.74. The van der Waals surface area contributed by atoms with Crippen LogP contribution in [0.1, 0.15) is 29.8 Å². The molecule has 0 radical (unpaired) electrons. The fourth-order valence-electron chi connectivity index (χ4n) is 3.31. The Balaban J connectivity index is 1.68. The number of hydrogen-bond acceptors (Lipinski definition) is 5. The number of aliphatic hydroxyl groups excluding tert-OH is 1. The molecule has 0 unspecified atom stereocenters. The molecule has 1 aliphatic rings. The van der Waals surface area contributed by atoms with Gasteiger partial charge in [-0.3, -0.25) is 19.4 Å². The average Bonchev–Trinajstić information content (AvgIpc) is 3.27. The number of likely N-dealkylation sites (N-methyl/N-ethyl adjacent to an activating group) is 1. The molecule has 3 rings (SSSR count). The quantitative estimate of drug-likeness (QED) is 0.847. The zero-order valence-corrected chi connectivity index (χ0v) is 14.7. The molecule has 7 heteroatoms. The summed E-state index contributed by atoms with van der Waals surface area (Å²) in [5.41, 5.74) is 1.73. The van der Waals surface area contributed by atoms with Crippen LogP contribution in [-0.2, 0) is 13.1 Å². The van der Waals surface area contributed by atoms with Crippen LogP contribution >= 0.6 is 0 Å². The second kappa shape index (κ2) is 7.76. The van der Waals surface area contributed by atoms with Crippen LogP contribution in [0.2, 0.25) is 0 Å². The van der Waals surface area contributed by atoms with E-state index in [0.29, 0.717) is 18.7 Å². The molecule has 0 bridgehead atoms. The van der Waals surface area contributed by atoms with Crippen molar-refractivity contribution in [2.45, 2.75) is 39.1 Å². The largest absolute Gasteiger partial charge is 0.390 e. The van der Waals surface area contributed by atoms with Crippen molar-refractivity contribution in [1.82, 2.24) is 24.6 Å². The van der Waals surface area contributed by atoms with E-state index in [4.69, 9.17) is 0 Å². The highest BCUT2D eigenvalue weighted by Crippen LogP contribution is 2.20. The number of nitrogens with zero attached hydrogens (tertiary/aromatic N) is 5. The summed E-state index contributed by atoms with van der Waals surface area (Å²) in [6, 6.07) is 3.89. The number of aromatic nitrogens is 3. The highest BCUT2D eigenvalue weighted by atomic mass is 16.3. The van der Waals surface area contributed by atoms with Gasteiger partial charge in [-0.25, -0.2) is 0 Å². The highest BCUT2D eigenvalue weighted by molar-refractivity contribution is 5.94. The van der Waals surface area contributed by atoms with Crippen molar-refractivity contribution in [2.75, 3.05) is 19.6 Å². The van der Waals surface area contributed by atoms with Gasteiger partial charge < -0.3 is 10.0 Å². The molecule has 1 amide bonds. The maximum atomic E-state index is 12.7. The number of aliphatic hydroxyl groups is 1. The van der Waals surface area contributed by atoms with Crippen LogP contribution < -0.4 is 0 Å². The minimum atomic E-state index is -0.549. The molecule has 0 spiro atoms. The molecule has 1 fully saturated rings. The van der Waals surface area contributed by atoms with Gasteiger partial charge in [0.15, 0.2) is 0 Å². The second-order valence-corrected chi connectivity index (χ2v) is 6.35. The SMILES string of the molecule is CCN(Cc1ccncc1)[C@@H]1CN(C(=O)c2cnn(CC)c2)C[C@H]1O. The first-order valence-corrected chi connectivity index (χ1v) is 8.75. The number of pyridine rings is 1. The minimum Gasteiger partial charge on any atom is -0.390 e. The lowest BCUT2D eigenvalue weighted by Gasteiger charge is -2.29. The van der Waals surface area contributed by atoms with Crippen molar-refractivity contribution in [2.24, 2.45) is 0 Å². The summed E-state index contributed by atoms with van der Waals surface area (Å²) in [5, 5.41) is 14.7. The maximum Gasteiger partial charge on any atom is 0.257 e. The Morgan fingerprint density at radius 2 is 2.08 bits per heavy atom. The summed E-state index contributed by atoms with van der Waals surface area (Å²) in [7, 11) is 0. The van der Waals surface area contributed by atoms with Gasteiger partial charge in [-0.15, -0.1) is 0 Å². The number of carbonyl (C=O) groups is 1. The topological polar surface area (TPSA) is 74.5 Å². The van der Waals surface area contributed by atoms with Gasteiger partial charge in [-0.2, -0.15) is 5.10 Å². The van der Waals surface area contributed by atoms with E-state index in [1.807, 2.05) is 19.1 Å². The number of hydrogen-bond donors (Lipinski definition) is 1. The molecular weight excluding hydrogens is 318 g/mol. The number of rotatable bonds is 6. The van der Waals surface area contributed by atoms with E-state index < -0.39 is 6.10 Å². The molecule has 3 heterocycles. The van der Waals surface area contributed by atoms with E-state index in [0.717, 1.165) is 25.2 Å². The monoisotopic (exact) mass is 343 g/mol. The van der Waals surface area contributed by atoms with E-state index >= 15 is 0 Å². The van der Waals surface area contributed by atoms with E-state index in [-0.39, 0.29) is 11.9 Å². The van der Waals surface area contributed by atoms with Crippen molar-refractivity contribution in [1.29, 1.82) is 0 Å². The van der Waals surface area contributed by atoms with Gasteiger partial charge >= 0.3 is 0 Å². The van der Waals surface area contributed by atoms with Crippen LogP contribution in [-0.4, -0.2) is 67.4 Å². The minimum absolute atomic E-state index is 0.0664. The molecule has 0 saturated carbocycles. The molecule has 1 aliphatic heterocycles. The first-order chi connectivity index (χ1) is 12.1. The normalized spacial score (nSPS) is 20.4. The first-order valence-electron chi connectivity index (χ1n) is 8.75. The molecular formula is C18H25N5O2. The fraction of sp³-hybridized carbons (Fsp3) is 0.500. The van der Waals surface area contributed by atoms with Gasteiger partial charge in [0, 0.05) is 44.8 Å². The zero-order valence-electron chi connectivity index (χ0n) is 14.7. The van der Waals surface area contributed by atoms with E-state index in [2.05, 4.69) is 21.9 Å². The van der Waals surface area contributed by atoms with E-state index in [9.17, 15) is 9.90 Å². The third-order valence-electron chi connectivity index (χ3n) is 4.76. The summed E-state index contributed by atoms with van der Waals surface area (Å²) in [6.07, 6.45) is 6.36. The van der Waals surface area contributed by atoms with Crippen LogP contribution in [0.3, 0.4) is 0 Å². The van der Waals surface area contributed by atoms with Gasteiger partial charge in [0.2, 0.25) is 0 Å². The number of β-amino-alcohol motifs (C(OH)–C–C–N with tert-alkyl or cyclic N) is 1. The predicted molar refractivity (Wildman–Crippen MR) is 93.9 cm³/mol. The van der Waals surface area contributed by atoms with Crippen LogP contribution in [0.25, 0.3) is 0 Å². The van der Waals surface area contributed by atoms with Gasteiger partial charge in [0.25, 0.3) is 5.91 Å². The summed E-state index contributed by atoms with van der Waals surface area (Å²) >= 11 is 0. The third kappa shape index (κ3) is 3.88. The Hall–Kier alpha value is -2.25. The Morgan fingerprint density at radius 3 is 2.72 bits per heavy atom. The lowest BCUT2D eigenvalue weighted by Crippen LogP contribution is -2.43. The van der Waals surface area contributed by atoms with Gasteiger partial charge in [0.1, 0.15) is 0 Å². The first kappa shape index (κ1) is 17.6. The fourth-order valence-corrected chi connectivity index (χ4v) is 3.31. The number of amides is 1. The maximum absolute atomic E-state index is 12.7. The molecule has 2 atom stereocenters. The van der Waals surface area contributed by atoms with Crippen LogP contribution in [0.15, 0.2) is 36.9 Å². The van der Waals surface area contributed by atoms with Gasteiger partial charge in [-0.05, 0) is 31.2 Å². The smallest absolute Gasteiger partial charge is 0.257 e. The Labute approximate surface area is 147 Å². The van der Waals surface area contributed by atoms with Crippen LogP contribution in [0.5, 0.6) is 0 Å². The van der Waals surface area contributed by atoms with Crippen molar-refractivity contribution in [3.05, 3.63) is 48.0 Å². The zero-order chi connectivity index (χ0) is 17.8. The lowest BCUT2D eigenvalue weighted by molar-refractivity contribution is 0.0758. The number of carbonyl (C=O) groups excluding carboxylic acids is 1. The van der Waals surface area contributed by atoms with E-state index in [1.54, 1.807) is 34.4 Å². The van der Waals surface area contributed by atoms with Crippen molar-refractivity contribution in [3.8, 4) is 0 Å². The molecule has 2 aromatic rings. The number of likely N-dealkylation sites (tertiary alicyclic amines) is 1. The molecule has 25 heavy (non-hydrogen) atoms. The Bertz CT molecular complexity index is 703. The molecule has 0 aliphatic carbocycles. The molecule has 1 saturated heterocycles. The second-order valence-electron chi connectivity index (χ2n) is 6.35. The Morgan fingerprint density at radius 1 is 1.32 bits per heavy atom. The van der Waals surface area contributed by atoms with Gasteiger partial charge in [0.05, 0.1) is 23.9 Å². The lowest BCUT2D eigenvalue weighted by atomic mass is 10.1. The molecule has 7 nitrogen and oxygen atoms in total. The highest BCUT2D eigenvalue weighted by Gasteiger charge is 2.37. The van der Waals surface area contributed by atoms with Gasteiger partial charge in [-0.1, -0.05) is 6.92 Å². The van der Waals surface area contributed by atoms with Crippen molar-refractivity contribution in [3.63, 3.8) is 0 Å². The summed E-state index contributed by atoms with van der Waals surface area (Å²) in [5.74, 6) is -0.0683. The van der Waals surface area contributed by atoms with Crippen molar-refractivity contribution >= 4 is 5.91 Å². The molecule has 2 aromatic heterocycles. The Kier molecular flexibility index (Phi) is 5.45. The molecule has 134 valence electrons. The average molecular weight is 343 g/mol. The van der Waals surface area contributed by atoms with Crippen LogP contribution in [0, 0.1) is 0 Å². The predicted octanol–water partition coefficient (Wildman–Crippen LogP) is 1.01. The number of aryl methyl sites for hydroxylation is 1. The molecule has 1 N–H and O–H groups in total. The van der Waals surface area contributed by atoms with Crippen LogP contribution in [0.4, 0.5) is 0 Å². The van der Waals surface area contributed by atoms with E-state index in [1.165, 1.54) is 0 Å². The third-order valence-corrected chi connectivity index (χ3v) is 4.76.